The Labute approximate surface area is 71.1 Å². The van der Waals surface area contributed by atoms with Gasteiger partial charge in [-0.25, -0.2) is 0 Å². The summed E-state index contributed by atoms with van der Waals surface area (Å²) < 4.78 is 10.7. The van der Waals surface area contributed by atoms with E-state index in [2.05, 4.69) is 0 Å². The van der Waals surface area contributed by atoms with Gasteiger partial charge in [-0.2, -0.15) is 0 Å². The van der Waals surface area contributed by atoms with Crippen molar-refractivity contribution < 1.29 is 9.47 Å². The predicted octanol–water partition coefficient (Wildman–Crippen LogP) is 0.895. The van der Waals surface area contributed by atoms with E-state index < -0.39 is 0 Å². The lowest BCUT2D eigenvalue weighted by atomic mass is 10.2. The average molecular weight is 163 g/mol. The second-order valence-electron chi connectivity index (χ2n) is 2.68. The second kappa shape index (κ2) is 3.03. The third-order valence-corrected chi connectivity index (χ3v) is 1.77. The van der Waals surface area contributed by atoms with Crippen LogP contribution in [0.1, 0.15) is 0 Å². The number of benzene rings is 1. The molecule has 0 saturated carbocycles. The van der Waals surface area contributed by atoms with Gasteiger partial charge in [-0.1, -0.05) is 12.1 Å². The molecular formula is C9H9NO2. The van der Waals surface area contributed by atoms with Gasteiger partial charge < -0.3 is 9.47 Å². The molecule has 0 N–H and O–H groups in total. The first-order chi connectivity index (χ1) is 5.90. The highest BCUT2D eigenvalue weighted by Crippen LogP contribution is 2.30. The highest BCUT2D eigenvalue weighted by atomic mass is 16.6. The molecule has 0 aromatic heterocycles. The fourth-order valence-electron chi connectivity index (χ4n) is 1.15. The zero-order valence-electron chi connectivity index (χ0n) is 6.56. The Morgan fingerprint density at radius 1 is 1.33 bits per heavy atom. The average Bonchev–Trinajstić information content (AvgIpc) is 2.17. The first kappa shape index (κ1) is 7.43. The van der Waals surface area contributed by atoms with Gasteiger partial charge in [0.1, 0.15) is 12.7 Å². The molecule has 1 unspecified atom stereocenters. The summed E-state index contributed by atoms with van der Waals surface area (Å²) in [6.07, 6.45) is -0.222. The zero-order valence-corrected chi connectivity index (χ0v) is 6.56. The van der Waals surface area contributed by atoms with Crippen molar-refractivity contribution in [1.29, 1.82) is 0 Å². The number of hydrogen-bond donors (Lipinski definition) is 0. The van der Waals surface area contributed by atoms with E-state index in [4.69, 9.17) is 15.2 Å². The lowest BCUT2D eigenvalue weighted by Gasteiger charge is -2.24. The van der Waals surface area contributed by atoms with E-state index in [-0.39, 0.29) is 12.6 Å². The van der Waals surface area contributed by atoms with Crippen molar-refractivity contribution in [2.24, 2.45) is 0 Å². The van der Waals surface area contributed by atoms with Gasteiger partial charge in [-0.05, 0) is 12.1 Å². The number of fused-ring (bicyclic) bond motifs is 1. The zero-order chi connectivity index (χ0) is 8.39. The Balaban J connectivity index is 2.23. The van der Waals surface area contributed by atoms with Gasteiger partial charge in [0.05, 0.1) is 6.54 Å². The van der Waals surface area contributed by atoms with Crippen molar-refractivity contribution in [1.82, 2.24) is 5.73 Å². The van der Waals surface area contributed by atoms with E-state index in [1.807, 2.05) is 24.3 Å². The van der Waals surface area contributed by atoms with Crippen molar-refractivity contribution >= 4 is 0 Å². The molecule has 1 atom stereocenters. The van der Waals surface area contributed by atoms with Crippen molar-refractivity contribution in [3.8, 4) is 11.5 Å². The molecule has 1 aromatic carbocycles. The Hall–Kier alpha value is -1.22. The summed E-state index contributed by atoms with van der Waals surface area (Å²) in [7, 11) is 0. The Bertz CT molecular complexity index is 275. The number of rotatable bonds is 1. The normalized spacial score (nSPS) is 20.6. The van der Waals surface area contributed by atoms with Crippen LogP contribution in [0.3, 0.4) is 0 Å². The Kier molecular flexibility index (Phi) is 1.87. The fourth-order valence-corrected chi connectivity index (χ4v) is 1.15. The highest BCUT2D eigenvalue weighted by molar-refractivity contribution is 5.40. The van der Waals surface area contributed by atoms with Crippen LogP contribution in [0.5, 0.6) is 11.5 Å². The second-order valence-corrected chi connectivity index (χ2v) is 2.68. The maximum Gasteiger partial charge on any atom is 0.161 e. The molecule has 0 saturated heterocycles. The fraction of sp³-hybridized carbons (Fsp3) is 0.333. The van der Waals surface area contributed by atoms with Crippen LogP contribution >= 0.6 is 0 Å². The summed E-state index contributed by atoms with van der Waals surface area (Å²) in [5, 5.41) is 0. The molecule has 12 heavy (non-hydrogen) atoms. The van der Waals surface area contributed by atoms with Gasteiger partial charge in [-0.15, -0.1) is 5.73 Å². The van der Waals surface area contributed by atoms with E-state index in [0.717, 1.165) is 5.75 Å². The molecule has 0 bridgehead atoms. The van der Waals surface area contributed by atoms with Gasteiger partial charge in [0.2, 0.25) is 0 Å². The summed E-state index contributed by atoms with van der Waals surface area (Å²) in [5.74, 6) is 1.46. The van der Waals surface area contributed by atoms with Crippen LogP contribution in [0.25, 0.3) is 0 Å². The molecule has 62 valence electrons. The van der Waals surface area contributed by atoms with E-state index in [1.165, 1.54) is 0 Å². The third kappa shape index (κ3) is 1.23. The summed E-state index contributed by atoms with van der Waals surface area (Å²) >= 11 is 0. The molecule has 1 aromatic rings. The minimum absolute atomic E-state index is 0.00562. The van der Waals surface area contributed by atoms with E-state index in [9.17, 15) is 0 Å². The molecule has 2 rings (SSSR count). The van der Waals surface area contributed by atoms with Gasteiger partial charge in [0.15, 0.2) is 11.5 Å². The maximum absolute atomic E-state index is 8.81. The molecular weight excluding hydrogens is 154 g/mol. The van der Waals surface area contributed by atoms with Crippen LogP contribution in [0, 0.1) is 0 Å². The summed E-state index contributed by atoms with van der Waals surface area (Å²) in [5.41, 5.74) is 8.81. The first-order valence-electron chi connectivity index (χ1n) is 3.89. The van der Waals surface area contributed by atoms with Crippen LogP contribution < -0.4 is 15.2 Å². The Morgan fingerprint density at radius 2 is 2.08 bits per heavy atom. The van der Waals surface area contributed by atoms with Crippen molar-refractivity contribution in [2.75, 3.05) is 13.2 Å². The SMILES string of the molecule is [N]CC1COc2ccccc2O1. The van der Waals surface area contributed by atoms with Gasteiger partial charge in [0, 0.05) is 0 Å². The smallest absolute Gasteiger partial charge is 0.161 e. The van der Waals surface area contributed by atoms with Crippen LogP contribution in [0.4, 0.5) is 0 Å². The first-order valence-corrected chi connectivity index (χ1v) is 3.89. The number of hydrogen-bond acceptors (Lipinski definition) is 2. The van der Waals surface area contributed by atoms with Gasteiger partial charge in [-0.3, -0.25) is 0 Å². The maximum atomic E-state index is 8.81. The minimum atomic E-state index is -0.222. The molecule has 1 aliphatic heterocycles. The topological polar surface area (TPSA) is 40.8 Å². The molecule has 0 spiro atoms. The van der Waals surface area contributed by atoms with Crippen molar-refractivity contribution in [2.45, 2.75) is 6.10 Å². The van der Waals surface area contributed by atoms with Crippen LogP contribution in [0.15, 0.2) is 24.3 Å². The van der Waals surface area contributed by atoms with Gasteiger partial charge >= 0.3 is 0 Å². The number of para-hydroxylation sites is 2. The highest BCUT2D eigenvalue weighted by Gasteiger charge is 2.18. The van der Waals surface area contributed by atoms with Crippen LogP contribution in [0.2, 0.25) is 0 Å². The quantitative estimate of drug-likeness (QED) is 0.617. The molecule has 1 heterocycles. The summed E-state index contributed by atoms with van der Waals surface area (Å²) in [6, 6.07) is 7.45. The predicted molar refractivity (Wildman–Crippen MR) is 43.4 cm³/mol. The standard InChI is InChI=1S/C9H9NO2/c10-5-7-6-11-8-3-1-2-4-9(8)12-7/h1-4,7H,5-6H2. The monoisotopic (exact) mass is 163 g/mol. The molecule has 0 fully saturated rings. The number of nitrogens with zero attached hydrogens (tertiary/aromatic N) is 1. The lowest BCUT2D eigenvalue weighted by molar-refractivity contribution is 0.0958. The van der Waals surface area contributed by atoms with Gasteiger partial charge in [0.25, 0.3) is 0 Å². The molecule has 2 radical (unpaired) electrons. The van der Waals surface area contributed by atoms with E-state index >= 15 is 0 Å². The van der Waals surface area contributed by atoms with Crippen LogP contribution in [-0.4, -0.2) is 19.3 Å². The third-order valence-electron chi connectivity index (χ3n) is 1.77. The molecule has 0 amide bonds. The summed E-state index contributed by atoms with van der Waals surface area (Å²) in [4.78, 5) is 0. The van der Waals surface area contributed by atoms with Crippen molar-refractivity contribution in [3.63, 3.8) is 0 Å². The summed E-state index contributed by atoms with van der Waals surface area (Å²) in [6.45, 7) is 0.418. The van der Waals surface area contributed by atoms with E-state index in [1.54, 1.807) is 0 Å². The van der Waals surface area contributed by atoms with Crippen LogP contribution in [-0.2, 0) is 0 Å². The lowest BCUT2D eigenvalue weighted by Crippen LogP contribution is -2.32. The molecule has 3 nitrogen and oxygen atoms in total. The molecule has 3 heteroatoms. The van der Waals surface area contributed by atoms with Crippen molar-refractivity contribution in [3.05, 3.63) is 24.3 Å². The molecule has 1 aliphatic rings. The van der Waals surface area contributed by atoms with E-state index in [0.29, 0.717) is 12.4 Å². The Morgan fingerprint density at radius 3 is 2.83 bits per heavy atom. The largest absolute Gasteiger partial charge is 0.486 e. The minimum Gasteiger partial charge on any atom is -0.486 e. The number of ether oxygens (including phenoxy) is 2. The molecule has 0 aliphatic carbocycles.